The lowest BCUT2D eigenvalue weighted by molar-refractivity contribution is -0.222. The maximum Gasteiger partial charge on any atom is 0.285 e. The molecule has 0 aromatic carbocycles. The van der Waals surface area contributed by atoms with Crippen LogP contribution in [0.5, 0.6) is 0 Å². The standard InChI is InChI=1S/C9H12BrF3/c1-7-2-4-8(10,5-3-7)6(11)9(7,12)13/h6H,2-5H2,1H3. The highest BCUT2D eigenvalue weighted by atomic mass is 79.9. The molecule has 1 unspecified atom stereocenters. The van der Waals surface area contributed by atoms with E-state index in [1.165, 1.54) is 6.92 Å². The summed E-state index contributed by atoms with van der Waals surface area (Å²) in [6.45, 7) is 1.51. The molecule has 3 fully saturated rings. The smallest absolute Gasteiger partial charge is 0.239 e. The van der Waals surface area contributed by atoms with E-state index in [1.807, 2.05) is 0 Å². The third-order valence-electron chi connectivity index (χ3n) is 3.76. The minimum atomic E-state index is -3.16. The van der Waals surface area contributed by atoms with Crippen molar-refractivity contribution in [1.82, 2.24) is 0 Å². The molecular formula is C9H12BrF3. The summed E-state index contributed by atoms with van der Waals surface area (Å²) in [6, 6.07) is 0. The van der Waals surface area contributed by atoms with E-state index in [1.54, 1.807) is 0 Å². The summed E-state index contributed by atoms with van der Waals surface area (Å²) in [5.41, 5.74) is -1.11. The van der Waals surface area contributed by atoms with Gasteiger partial charge in [0.15, 0.2) is 6.17 Å². The summed E-state index contributed by atoms with van der Waals surface area (Å²) in [4.78, 5) is 0. The van der Waals surface area contributed by atoms with Gasteiger partial charge in [0.25, 0.3) is 5.92 Å². The minimum absolute atomic E-state index is 0.422. The molecular weight excluding hydrogens is 245 g/mol. The molecule has 0 aliphatic heterocycles. The van der Waals surface area contributed by atoms with Crippen LogP contribution in [0.1, 0.15) is 32.6 Å². The maximum absolute atomic E-state index is 13.5. The van der Waals surface area contributed by atoms with Crippen LogP contribution in [0.3, 0.4) is 0 Å². The average molecular weight is 257 g/mol. The fourth-order valence-corrected chi connectivity index (χ4v) is 3.12. The second-order valence-electron chi connectivity index (χ2n) is 4.58. The first kappa shape index (κ1) is 9.81. The van der Waals surface area contributed by atoms with Gasteiger partial charge >= 0.3 is 0 Å². The number of fused-ring (bicyclic) bond motifs is 3. The summed E-state index contributed by atoms with van der Waals surface area (Å²) in [7, 11) is 0. The number of hydrogen-bond donors (Lipinski definition) is 0. The molecule has 3 rings (SSSR count). The van der Waals surface area contributed by atoms with Crippen molar-refractivity contribution in [3.05, 3.63) is 0 Å². The van der Waals surface area contributed by atoms with Crippen molar-refractivity contribution in [3.8, 4) is 0 Å². The quantitative estimate of drug-likeness (QED) is 0.580. The Labute approximate surface area is 84.0 Å². The molecule has 0 N–H and O–H groups in total. The number of hydrogen-bond acceptors (Lipinski definition) is 0. The van der Waals surface area contributed by atoms with Crippen molar-refractivity contribution in [3.63, 3.8) is 0 Å². The lowest BCUT2D eigenvalue weighted by atomic mass is 9.58. The molecule has 0 radical (unpaired) electrons. The molecule has 13 heavy (non-hydrogen) atoms. The summed E-state index contributed by atoms with van der Waals surface area (Å²) < 4.78 is 39.6. The highest BCUT2D eigenvalue weighted by Gasteiger charge is 2.69. The fraction of sp³-hybridized carbons (Fsp3) is 1.00. The van der Waals surface area contributed by atoms with Gasteiger partial charge in [0.05, 0.1) is 4.32 Å². The van der Waals surface area contributed by atoms with E-state index in [9.17, 15) is 13.2 Å². The van der Waals surface area contributed by atoms with Gasteiger partial charge in [0, 0.05) is 5.41 Å². The molecule has 0 heterocycles. The predicted octanol–water partition coefficient (Wildman–Crippen LogP) is 3.69. The van der Waals surface area contributed by atoms with Crippen LogP contribution in [0.25, 0.3) is 0 Å². The Morgan fingerprint density at radius 2 is 1.62 bits per heavy atom. The van der Waals surface area contributed by atoms with Crippen LogP contribution < -0.4 is 0 Å². The van der Waals surface area contributed by atoms with Crippen molar-refractivity contribution in [2.75, 3.05) is 0 Å². The first-order valence-corrected chi connectivity index (χ1v) is 5.32. The van der Waals surface area contributed by atoms with Crippen LogP contribution in [0.4, 0.5) is 13.2 Å². The van der Waals surface area contributed by atoms with Crippen LogP contribution in [0, 0.1) is 5.41 Å². The second-order valence-corrected chi connectivity index (χ2v) is 6.16. The monoisotopic (exact) mass is 256 g/mol. The summed E-state index contributed by atoms with van der Waals surface area (Å²) >= 11 is 3.14. The fourth-order valence-electron chi connectivity index (χ4n) is 2.43. The predicted molar refractivity (Wildman–Crippen MR) is 48.1 cm³/mol. The van der Waals surface area contributed by atoms with Crippen molar-refractivity contribution in [2.24, 2.45) is 5.41 Å². The Hall–Kier alpha value is 0.270. The molecule has 3 saturated carbocycles. The average Bonchev–Trinajstić information content (AvgIpc) is 2.07. The van der Waals surface area contributed by atoms with E-state index >= 15 is 0 Å². The molecule has 0 spiro atoms. The number of rotatable bonds is 0. The Balaban J connectivity index is 2.41. The lowest BCUT2D eigenvalue weighted by Gasteiger charge is -2.55. The van der Waals surface area contributed by atoms with E-state index in [2.05, 4.69) is 15.9 Å². The van der Waals surface area contributed by atoms with Gasteiger partial charge < -0.3 is 0 Å². The molecule has 4 heteroatoms. The third-order valence-corrected chi connectivity index (χ3v) is 4.96. The molecule has 0 aromatic rings. The zero-order valence-electron chi connectivity index (χ0n) is 7.42. The van der Waals surface area contributed by atoms with Gasteiger partial charge in [-0.25, -0.2) is 13.2 Å². The molecule has 0 saturated heterocycles. The molecule has 76 valence electrons. The van der Waals surface area contributed by atoms with E-state index in [0.29, 0.717) is 25.7 Å². The normalized spacial score (nSPS) is 53.8. The largest absolute Gasteiger partial charge is 0.285 e. The van der Waals surface area contributed by atoms with E-state index < -0.39 is 21.8 Å². The Bertz CT molecular complexity index is 231. The van der Waals surface area contributed by atoms with E-state index in [0.717, 1.165) is 0 Å². The molecule has 0 aromatic heterocycles. The molecule has 2 bridgehead atoms. The van der Waals surface area contributed by atoms with Crippen molar-refractivity contribution in [1.29, 1.82) is 0 Å². The van der Waals surface area contributed by atoms with Gasteiger partial charge in [0.2, 0.25) is 0 Å². The minimum Gasteiger partial charge on any atom is -0.239 e. The zero-order valence-corrected chi connectivity index (χ0v) is 9.00. The Morgan fingerprint density at radius 1 is 1.15 bits per heavy atom. The molecule has 3 aliphatic rings. The van der Waals surface area contributed by atoms with Gasteiger partial charge in [-0.1, -0.05) is 22.9 Å². The third kappa shape index (κ3) is 1.04. The van der Waals surface area contributed by atoms with Gasteiger partial charge in [-0.3, -0.25) is 0 Å². The summed E-state index contributed by atoms with van der Waals surface area (Å²) in [6.07, 6.45) is -0.120. The van der Waals surface area contributed by atoms with Gasteiger partial charge in [-0.2, -0.15) is 0 Å². The molecule has 3 aliphatic carbocycles. The molecule has 1 atom stereocenters. The lowest BCUT2D eigenvalue weighted by Crippen LogP contribution is -2.63. The highest BCUT2D eigenvalue weighted by molar-refractivity contribution is 9.10. The molecule has 0 nitrogen and oxygen atoms in total. The van der Waals surface area contributed by atoms with Gasteiger partial charge in [-0.05, 0) is 25.7 Å². The van der Waals surface area contributed by atoms with Crippen LogP contribution in [-0.2, 0) is 0 Å². The van der Waals surface area contributed by atoms with Crippen molar-refractivity contribution < 1.29 is 13.2 Å². The number of alkyl halides is 4. The van der Waals surface area contributed by atoms with Gasteiger partial charge in [0.1, 0.15) is 0 Å². The SMILES string of the molecule is CC12CCC(Br)(CC1)C(F)C2(F)F. The summed E-state index contributed by atoms with van der Waals surface area (Å²) in [5, 5.41) is 0. The Morgan fingerprint density at radius 3 is 2.00 bits per heavy atom. The van der Waals surface area contributed by atoms with Crippen LogP contribution >= 0.6 is 15.9 Å². The highest BCUT2D eigenvalue weighted by Crippen LogP contribution is 2.63. The zero-order chi connectivity index (χ0) is 9.91. The van der Waals surface area contributed by atoms with Crippen molar-refractivity contribution >= 4 is 15.9 Å². The molecule has 0 amide bonds. The summed E-state index contributed by atoms with van der Waals surface area (Å²) in [5.74, 6) is -3.16. The van der Waals surface area contributed by atoms with Crippen LogP contribution in [0.15, 0.2) is 0 Å². The first-order chi connectivity index (χ1) is 5.82. The number of halogens is 4. The van der Waals surface area contributed by atoms with Crippen molar-refractivity contribution in [2.45, 2.75) is 49.0 Å². The second kappa shape index (κ2) is 2.44. The van der Waals surface area contributed by atoms with E-state index in [-0.39, 0.29) is 0 Å². The topological polar surface area (TPSA) is 0 Å². The van der Waals surface area contributed by atoms with Crippen LogP contribution in [0.2, 0.25) is 0 Å². The van der Waals surface area contributed by atoms with Gasteiger partial charge in [-0.15, -0.1) is 0 Å². The first-order valence-electron chi connectivity index (χ1n) is 4.53. The Kier molecular flexibility index (Phi) is 1.84. The van der Waals surface area contributed by atoms with Crippen LogP contribution in [-0.4, -0.2) is 16.4 Å². The maximum atomic E-state index is 13.5. The van der Waals surface area contributed by atoms with E-state index in [4.69, 9.17) is 0 Å².